The van der Waals surface area contributed by atoms with E-state index in [9.17, 15) is 9.18 Å². The fourth-order valence-electron chi connectivity index (χ4n) is 4.52. The molecule has 1 fully saturated rings. The Labute approximate surface area is 200 Å². The highest BCUT2D eigenvalue weighted by Gasteiger charge is 2.27. The number of nitrogens with zero attached hydrogens (tertiary/aromatic N) is 1. The molecule has 4 rings (SSSR count). The summed E-state index contributed by atoms with van der Waals surface area (Å²) in [7, 11) is 3.00. The van der Waals surface area contributed by atoms with E-state index in [1.54, 1.807) is 19.2 Å². The van der Waals surface area contributed by atoms with Crippen LogP contribution >= 0.6 is 0 Å². The molecule has 0 aliphatic carbocycles. The minimum Gasteiger partial charge on any atom is -0.497 e. The number of aryl methyl sites for hydroxylation is 1. The van der Waals surface area contributed by atoms with Gasteiger partial charge in [0.05, 0.1) is 20.6 Å². The maximum absolute atomic E-state index is 14.4. The van der Waals surface area contributed by atoms with E-state index in [4.69, 9.17) is 14.2 Å². The van der Waals surface area contributed by atoms with E-state index in [1.807, 2.05) is 49.4 Å². The van der Waals surface area contributed by atoms with Crippen molar-refractivity contribution >= 4 is 11.7 Å². The molecule has 0 aromatic heterocycles. The number of rotatable bonds is 8. The monoisotopic (exact) mass is 463 g/mol. The predicted octanol–water partition coefficient (Wildman–Crippen LogP) is 5.92. The SMILES string of the molecule is COC(=O)C[C@@H]1CCCN1c1ccc(OCc2ccc(-c3cc(OC)ccc3F)c(C)c2)cc1. The summed E-state index contributed by atoms with van der Waals surface area (Å²) in [5.41, 5.74) is 4.41. The Morgan fingerprint density at radius 3 is 2.47 bits per heavy atom. The molecular weight excluding hydrogens is 433 g/mol. The highest BCUT2D eigenvalue weighted by Crippen LogP contribution is 2.31. The number of halogens is 1. The van der Waals surface area contributed by atoms with Gasteiger partial charge in [0, 0.05) is 23.8 Å². The first-order valence-electron chi connectivity index (χ1n) is 11.5. The third-order valence-corrected chi connectivity index (χ3v) is 6.34. The molecule has 0 bridgehead atoms. The number of hydrogen-bond donors (Lipinski definition) is 0. The normalized spacial score (nSPS) is 15.3. The summed E-state index contributed by atoms with van der Waals surface area (Å²) in [6.07, 6.45) is 2.46. The van der Waals surface area contributed by atoms with Gasteiger partial charge in [0.25, 0.3) is 0 Å². The van der Waals surface area contributed by atoms with Crippen molar-refractivity contribution < 1.29 is 23.4 Å². The van der Waals surface area contributed by atoms with Crippen LogP contribution in [0.3, 0.4) is 0 Å². The van der Waals surface area contributed by atoms with Gasteiger partial charge in [0.2, 0.25) is 0 Å². The maximum atomic E-state index is 14.4. The second-order valence-corrected chi connectivity index (χ2v) is 8.55. The highest BCUT2D eigenvalue weighted by atomic mass is 19.1. The van der Waals surface area contributed by atoms with Crippen molar-refractivity contribution in [3.8, 4) is 22.6 Å². The van der Waals surface area contributed by atoms with Gasteiger partial charge < -0.3 is 19.1 Å². The van der Waals surface area contributed by atoms with Crippen molar-refractivity contribution in [3.63, 3.8) is 0 Å². The van der Waals surface area contributed by atoms with E-state index < -0.39 is 0 Å². The minimum atomic E-state index is -0.278. The zero-order valence-electron chi connectivity index (χ0n) is 19.8. The number of benzene rings is 3. The summed E-state index contributed by atoms with van der Waals surface area (Å²) in [6.45, 7) is 3.31. The Bertz CT molecular complexity index is 1150. The number of methoxy groups -OCH3 is 2. The maximum Gasteiger partial charge on any atom is 0.307 e. The molecule has 0 amide bonds. The minimum absolute atomic E-state index is 0.174. The lowest BCUT2D eigenvalue weighted by Crippen LogP contribution is -2.31. The van der Waals surface area contributed by atoms with E-state index >= 15 is 0 Å². The van der Waals surface area contributed by atoms with Gasteiger partial charge in [-0.05, 0) is 78.9 Å². The smallest absolute Gasteiger partial charge is 0.307 e. The van der Waals surface area contributed by atoms with Gasteiger partial charge in [-0.1, -0.05) is 18.2 Å². The van der Waals surface area contributed by atoms with Gasteiger partial charge in [-0.15, -0.1) is 0 Å². The van der Waals surface area contributed by atoms with Crippen molar-refractivity contribution in [1.29, 1.82) is 0 Å². The molecule has 1 saturated heterocycles. The largest absolute Gasteiger partial charge is 0.497 e. The van der Waals surface area contributed by atoms with Gasteiger partial charge in [0.1, 0.15) is 23.9 Å². The number of esters is 1. The highest BCUT2D eigenvalue weighted by molar-refractivity contribution is 5.71. The first-order valence-corrected chi connectivity index (χ1v) is 11.5. The van der Waals surface area contributed by atoms with Gasteiger partial charge in [-0.25, -0.2) is 4.39 Å². The lowest BCUT2D eigenvalue weighted by molar-refractivity contribution is -0.140. The first kappa shape index (κ1) is 23.6. The predicted molar refractivity (Wildman–Crippen MR) is 131 cm³/mol. The van der Waals surface area contributed by atoms with Crippen LogP contribution in [0.1, 0.15) is 30.4 Å². The van der Waals surface area contributed by atoms with Crippen LogP contribution in [0, 0.1) is 12.7 Å². The average Bonchev–Trinajstić information content (AvgIpc) is 3.31. The Morgan fingerprint density at radius 1 is 1.00 bits per heavy atom. The van der Waals surface area contributed by atoms with Crippen LogP contribution in [0.5, 0.6) is 11.5 Å². The van der Waals surface area contributed by atoms with Crippen LogP contribution in [-0.2, 0) is 16.1 Å². The molecule has 0 unspecified atom stereocenters. The molecule has 5 nitrogen and oxygen atoms in total. The average molecular weight is 464 g/mol. The van der Waals surface area contributed by atoms with Crippen LogP contribution in [0.4, 0.5) is 10.1 Å². The molecule has 0 saturated carbocycles. The summed E-state index contributed by atoms with van der Waals surface area (Å²) in [5, 5.41) is 0. The number of anilines is 1. The molecule has 0 radical (unpaired) electrons. The Balaban J connectivity index is 1.40. The van der Waals surface area contributed by atoms with E-state index in [-0.39, 0.29) is 17.8 Å². The standard InChI is InChI=1S/C28H30FNO4/c1-19-15-20(6-12-25(19)26-17-24(32-2)11-13-27(26)29)18-34-23-9-7-21(8-10-23)30-14-4-5-22(30)16-28(31)33-3/h6-13,15,17,22H,4-5,14,16,18H2,1-3H3/t22-/m0/s1. The molecule has 3 aromatic rings. The Kier molecular flexibility index (Phi) is 7.36. The molecule has 0 spiro atoms. The van der Waals surface area contributed by atoms with Crippen LogP contribution in [0.25, 0.3) is 11.1 Å². The van der Waals surface area contributed by atoms with Crippen LogP contribution in [0.2, 0.25) is 0 Å². The van der Waals surface area contributed by atoms with Gasteiger partial charge in [-0.2, -0.15) is 0 Å². The fraction of sp³-hybridized carbons (Fsp3) is 0.321. The second kappa shape index (κ2) is 10.6. The van der Waals surface area contributed by atoms with E-state index in [0.29, 0.717) is 24.3 Å². The Hall–Kier alpha value is -3.54. The Morgan fingerprint density at radius 2 is 1.76 bits per heavy atom. The van der Waals surface area contributed by atoms with Crippen molar-refractivity contribution in [2.45, 2.75) is 38.8 Å². The lowest BCUT2D eigenvalue weighted by Gasteiger charge is -2.26. The summed E-state index contributed by atoms with van der Waals surface area (Å²) in [5.74, 6) is 0.942. The number of ether oxygens (including phenoxy) is 3. The molecular formula is C28H30FNO4. The summed E-state index contributed by atoms with van der Waals surface area (Å²) in [6, 6.07) is 18.8. The summed E-state index contributed by atoms with van der Waals surface area (Å²) in [4.78, 5) is 14.0. The van der Waals surface area contributed by atoms with Gasteiger partial charge >= 0.3 is 5.97 Å². The number of carbonyl (C=O) groups excluding carboxylic acids is 1. The number of carbonyl (C=O) groups is 1. The van der Waals surface area contributed by atoms with Crippen LogP contribution in [-0.4, -0.2) is 32.8 Å². The molecule has 1 aliphatic rings. The van der Waals surface area contributed by atoms with Crippen molar-refractivity contribution in [3.05, 3.63) is 77.6 Å². The first-order chi connectivity index (χ1) is 16.5. The van der Waals surface area contributed by atoms with Crippen molar-refractivity contribution in [1.82, 2.24) is 0 Å². The van der Waals surface area contributed by atoms with E-state index in [2.05, 4.69) is 4.90 Å². The lowest BCUT2D eigenvalue weighted by atomic mass is 9.98. The molecule has 1 atom stereocenters. The topological polar surface area (TPSA) is 48.0 Å². The zero-order valence-corrected chi connectivity index (χ0v) is 19.8. The molecule has 6 heteroatoms. The van der Waals surface area contributed by atoms with E-state index in [0.717, 1.165) is 47.5 Å². The van der Waals surface area contributed by atoms with Crippen molar-refractivity contribution in [2.24, 2.45) is 0 Å². The molecule has 1 aliphatic heterocycles. The van der Waals surface area contributed by atoms with Gasteiger partial charge in [0.15, 0.2) is 0 Å². The number of hydrogen-bond acceptors (Lipinski definition) is 5. The quantitative estimate of drug-likeness (QED) is 0.388. The second-order valence-electron chi connectivity index (χ2n) is 8.55. The molecule has 34 heavy (non-hydrogen) atoms. The third kappa shape index (κ3) is 5.33. The molecule has 3 aromatic carbocycles. The molecule has 178 valence electrons. The molecule has 1 heterocycles. The van der Waals surface area contributed by atoms with E-state index in [1.165, 1.54) is 13.2 Å². The van der Waals surface area contributed by atoms with Crippen LogP contribution < -0.4 is 14.4 Å². The van der Waals surface area contributed by atoms with Crippen molar-refractivity contribution in [2.75, 3.05) is 25.7 Å². The summed E-state index contributed by atoms with van der Waals surface area (Å²) >= 11 is 0. The zero-order chi connectivity index (χ0) is 24.1. The third-order valence-electron chi connectivity index (χ3n) is 6.34. The molecule has 0 N–H and O–H groups in total. The van der Waals surface area contributed by atoms with Crippen LogP contribution in [0.15, 0.2) is 60.7 Å². The van der Waals surface area contributed by atoms with Gasteiger partial charge in [-0.3, -0.25) is 4.79 Å². The summed E-state index contributed by atoms with van der Waals surface area (Å²) < 4.78 is 30.5. The fourth-order valence-corrected chi connectivity index (χ4v) is 4.52.